The summed E-state index contributed by atoms with van der Waals surface area (Å²) in [5.41, 5.74) is 3.46. The number of hydrogen-bond donors (Lipinski definition) is 1. The predicted octanol–water partition coefficient (Wildman–Crippen LogP) is 6.78. The third-order valence-electron chi connectivity index (χ3n) is 10.2. The van der Waals surface area contributed by atoms with Gasteiger partial charge in [0.25, 0.3) is 11.8 Å². The Bertz CT molecular complexity index is 1860. The number of methoxy groups -OCH3 is 2. The Morgan fingerprint density at radius 3 is 2.24 bits per heavy atom. The minimum Gasteiger partial charge on any atom is -0.493 e. The fourth-order valence-corrected chi connectivity index (χ4v) is 8.53. The molecule has 0 radical (unpaired) electrons. The maximum Gasteiger partial charge on any atom is 0.416 e. The molecule has 13 nitrogen and oxygen atoms in total. The van der Waals surface area contributed by atoms with Gasteiger partial charge in [-0.05, 0) is 63.3 Å². The fraction of sp³-hybridized carbons (Fsp3) is 0.512. The molecule has 296 valence electrons. The number of aliphatic imine (C=N–C) groups is 1. The van der Waals surface area contributed by atoms with Crippen LogP contribution in [0.25, 0.3) is 0 Å². The van der Waals surface area contributed by atoms with E-state index in [1.807, 2.05) is 25.0 Å². The van der Waals surface area contributed by atoms with Crippen LogP contribution in [0.5, 0.6) is 23.0 Å². The van der Waals surface area contributed by atoms with Gasteiger partial charge in [0.05, 0.1) is 62.0 Å². The third kappa shape index (κ3) is 8.60. The van der Waals surface area contributed by atoms with Crippen LogP contribution in [0.1, 0.15) is 80.5 Å². The predicted molar refractivity (Wildman–Crippen MR) is 213 cm³/mol. The molecule has 2 aromatic carbocycles. The van der Waals surface area contributed by atoms with Gasteiger partial charge in [0.15, 0.2) is 29.2 Å². The lowest BCUT2D eigenvalue weighted by atomic mass is 10.1. The normalized spacial score (nSPS) is 21.5. The topological polar surface area (TPSA) is 140 Å². The van der Waals surface area contributed by atoms with Crippen LogP contribution in [0.3, 0.4) is 0 Å². The van der Waals surface area contributed by atoms with E-state index in [-0.39, 0.29) is 47.5 Å². The third-order valence-corrected chi connectivity index (χ3v) is 11.3. The molecular weight excluding hydrogens is 725 g/mol. The number of carbonyl (C=O) groups excluding carboxylic acids is 3. The van der Waals surface area contributed by atoms with Crippen LogP contribution in [0.15, 0.2) is 53.1 Å². The number of thioether (sulfide) groups is 1. The molecule has 3 amide bonds. The number of benzene rings is 2. The van der Waals surface area contributed by atoms with Gasteiger partial charge in [0.1, 0.15) is 6.61 Å². The molecule has 6 rings (SSSR count). The molecule has 0 aromatic heterocycles. The monoisotopic (exact) mass is 776 g/mol. The van der Waals surface area contributed by atoms with Crippen LogP contribution in [0.2, 0.25) is 0 Å². The molecule has 0 unspecified atom stereocenters. The Morgan fingerprint density at radius 2 is 1.58 bits per heavy atom. The largest absolute Gasteiger partial charge is 0.493 e. The second kappa shape index (κ2) is 17.4. The Labute approximate surface area is 327 Å². The molecule has 2 saturated heterocycles. The first-order valence-electron chi connectivity index (χ1n) is 18.9. The van der Waals surface area contributed by atoms with Gasteiger partial charge in [0.2, 0.25) is 0 Å². The first-order valence-corrected chi connectivity index (χ1v) is 19.8. The molecule has 55 heavy (non-hydrogen) atoms. The zero-order chi connectivity index (χ0) is 39.4. The van der Waals surface area contributed by atoms with Gasteiger partial charge in [-0.1, -0.05) is 37.6 Å². The van der Waals surface area contributed by atoms with Crippen molar-refractivity contribution in [3.63, 3.8) is 0 Å². The summed E-state index contributed by atoms with van der Waals surface area (Å²) in [6, 6.07) is 5.87. The second-order valence-electron chi connectivity index (χ2n) is 14.5. The molecule has 14 heteroatoms. The molecule has 0 spiro atoms. The molecule has 0 bridgehead atoms. The lowest BCUT2D eigenvalue weighted by molar-refractivity contribution is 0.0491. The van der Waals surface area contributed by atoms with E-state index in [0.717, 1.165) is 23.3 Å². The van der Waals surface area contributed by atoms with E-state index < -0.39 is 18.4 Å². The van der Waals surface area contributed by atoms with Crippen molar-refractivity contribution >= 4 is 47.3 Å². The zero-order valence-electron chi connectivity index (χ0n) is 32.5. The lowest BCUT2D eigenvalue weighted by Crippen LogP contribution is -2.51. The summed E-state index contributed by atoms with van der Waals surface area (Å²) in [5, 5.41) is 12.0. The van der Waals surface area contributed by atoms with Crippen LogP contribution in [0, 0.1) is 0 Å². The van der Waals surface area contributed by atoms with Crippen molar-refractivity contribution in [1.29, 1.82) is 0 Å². The average molecular weight is 777 g/mol. The van der Waals surface area contributed by atoms with E-state index in [2.05, 4.69) is 31.5 Å². The van der Waals surface area contributed by atoms with E-state index in [0.29, 0.717) is 78.5 Å². The number of aliphatic hydroxyl groups is 1. The molecule has 0 aliphatic carbocycles. The number of allylic oxidation sites excluding steroid dienone is 1. The van der Waals surface area contributed by atoms with Crippen molar-refractivity contribution in [2.75, 3.05) is 52.0 Å². The molecule has 4 aliphatic heterocycles. The number of anilines is 1. The number of hydrogen-bond acceptors (Lipinski definition) is 11. The van der Waals surface area contributed by atoms with E-state index in [1.165, 1.54) is 12.7 Å². The fourth-order valence-electron chi connectivity index (χ4n) is 7.46. The van der Waals surface area contributed by atoms with Gasteiger partial charge in [-0.2, -0.15) is 11.8 Å². The maximum atomic E-state index is 13.9. The summed E-state index contributed by atoms with van der Waals surface area (Å²) in [6.45, 7) is 13.9. The molecule has 2 aromatic rings. The van der Waals surface area contributed by atoms with Gasteiger partial charge in [-0.15, -0.1) is 0 Å². The van der Waals surface area contributed by atoms with Gasteiger partial charge in [0, 0.05) is 36.7 Å². The van der Waals surface area contributed by atoms with Crippen molar-refractivity contribution in [2.24, 2.45) is 4.99 Å². The van der Waals surface area contributed by atoms with E-state index >= 15 is 0 Å². The van der Waals surface area contributed by atoms with Crippen LogP contribution in [-0.4, -0.2) is 115 Å². The Balaban J connectivity index is 1.09. The number of ether oxygens (including phenoxy) is 5. The molecule has 2 fully saturated rings. The minimum atomic E-state index is -1.36. The highest BCUT2D eigenvalue weighted by atomic mass is 32.2. The summed E-state index contributed by atoms with van der Waals surface area (Å²) >= 11 is 1.68. The van der Waals surface area contributed by atoms with Crippen LogP contribution in [0.4, 0.5) is 16.2 Å². The lowest BCUT2D eigenvalue weighted by Gasteiger charge is -2.31. The van der Waals surface area contributed by atoms with Crippen molar-refractivity contribution in [3.05, 3.63) is 59.2 Å². The van der Waals surface area contributed by atoms with Crippen LogP contribution >= 0.6 is 11.8 Å². The molecule has 0 saturated carbocycles. The second-order valence-corrected chi connectivity index (χ2v) is 16.6. The highest BCUT2D eigenvalue weighted by Gasteiger charge is 2.46. The van der Waals surface area contributed by atoms with Gasteiger partial charge >= 0.3 is 6.09 Å². The first-order chi connectivity index (χ1) is 26.4. The Kier molecular flexibility index (Phi) is 12.7. The van der Waals surface area contributed by atoms with Crippen molar-refractivity contribution < 1.29 is 43.2 Å². The van der Waals surface area contributed by atoms with Crippen molar-refractivity contribution in [2.45, 2.75) is 88.6 Å². The summed E-state index contributed by atoms with van der Waals surface area (Å²) in [7, 11) is 3.04. The average Bonchev–Trinajstić information content (AvgIpc) is 3.73. The summed E-state index contributed by atoms with van der Waals surface area (Å²) < 4.78 is 29.2. The van der Waals surface area contributed by atoms with E-state index in [4.69, 9.17) is 23.7 Å². The summed E-state index contributed by atoms with van der Waals surface area (Å²) in [6.07, 6.45) is 5.09. The first kappa shape index (κ1) is 40.0. The number of unbranched alkanes of at least 4 members (excludes halogenated alkanes) is 2. The number of amides is 3. The highest BCUT2D eigenvalue weighted by Crippen LogP contribution is 2.42. The SMILES string of the molecule is C=C1C[C@H]2[C@H](O)N(C(=O)OC[C@@H](C)SC(C)C)c3cc(OCCCCCOc4cc5c(cc4OC)C(=O)N4C/C(=C/C)C[C@H]4C=N5)c(OC)cc3C(=O)N2C1. The standard InChI is InChI=1S/C41H52N4O9S/c1-8-27-15-28-20-42-31-18-36(34(50-6)16-29(31)38(46)43(28)22-27)52-12-10-9-11-13-53-37-19-32-30(17-35(37)51-7)39(47)44-21-25(4)14-33(44)40(48)45(32)41(49)54-23-26(5)55-24(2)3/h8,16-20,24,26,28,33,40,48H,4,9-15,21-23H2,1-3,5-7H3/b27-8+/t26-,28+,33+,40+/m1/s1. The minimum absolute atomic E-state index is 0.0342. The van der Waals surface area contributed by atoms with Crippen LogP contribution < -0.4 is 23.8 Å². The quantitative estimate of drug-likeness (QED) is 0.161. The zero-order valence-corrected chi connectivity index (χ0v) is 33.4. The highest BCUT2D eigenvalue weighted by molar-refractivity contribution is 8.00. The molecule has 4 heterocycles. The Morgan fingerprint density at radius 1 is 0.927 bits per heavy atom. The van der Waals surface area contributed by atoms with Crippen molar-refractivity contribution in [3.8, 4) is 23.0 Å². The Hall–Kier alpha value is -4.69. The number of rotatable bonds is 14. The molecular formula is C41H52N4O9S. The van der Waals surface area contributed by atoms with E-state index in [9.17, 15) is 19.5 Å². The molecule has 1 N–H and O–H groups in total. The van der Waals surface area contributed by atoms with Crippen LogP contribution in [-0.2, 0) is 4.74 Å². The molecule has 4 atom stereocenters. The van der Waals surface area contributed by atoms with Gasteiger partial charge in [-0.25, -0.2) is 9.69 Å². The van der Waals surface area contributed by atoms with Gasteiger partial charge in [-0.3, -0.25) is 14.6 Å². The smallest absolute Gasteiger partial charge is 0.416 e. The number of nitrogens with zero attached hydrogens (tertiary/aromatic N) is 4. The van der Waals surface area contributed by atoms with E-state index in [1.54, 1.807) is 48.0 Å². The maximum absolute atomic E-state index is 13.9. The summed E-state index contributed by atoms with van der Waals surface area (Å²) in [5.74, 6) is 1.24. The van der Waals surface area contributed by atoms with Gasteiger partial charge < -0.3 is 38.6 Å². The number of fused-ring (bicyclic) bond motifs is 4. The summed E-state index contributed by atoms with van der Waals surface area (Å²) in [4.78, 5) is 50.2. The number of carbonyl (C=O) groups is 3. The van der Waals surface area contributed by atoms with Crippen molar-refractivity contribution in [1.82, 2.24) is 9.80 Å². The molecule has 4 aliphatic rings. The number of aliphatic hydroxyl groups excluding tert-OH is 1.